The van der Waals surface area contributed by atoms with Crippen LogP contribution in [-0.4, -0.2) is 172 Å². The molecule has 5 aliphatic rings. The molecular formula is C60H102KN4NaO22Si2. The summed E-state index contributed by atoms with van der Waals surface area (Å²) in [5.74, 6) is -4.30. The number of carbonyl (C=O) groups excluding carboxylic acids is 8. The van der Waals surface area contributed by atoms with Crippen LogP contribution in [0.2, 0.25) is 51.4 Å². The van der Waals surface area contributed by atoms with Gasteiger partial charge >= 0.3 is 135 Å². The van der Waals surface area contributed by atoms with Crippen LogP contribution in [0.15, 0.2) is 30.3 Å². The summed E-state index contributed by atoms with van der Waals surface area (Å²) in [4.78, 5) is 114. The van der Waals surface area contributed by atoms with Crippen molar-refractivity contribution in [3.63, 3.8) is 0 Å². The van der Waals surface area contributed by atoms with E-state index in [1.165, 1.54) is 6.08 Å². The third kappa shape index (κ3) is 31.4. The largest absolute Gasteiger partial charge is 1.00 e. The van der Waals surface area contributed by atoms with Crippen molar-refractivity contribution in [2.24, 2.45) is 16.6 Å². The van der Waals surface area contributed by atoms with Crippen LogP contribution < -0.4 is 103 Å². The third-order valence-corrected chi connectivity index (χ3v) is 18.1. The molecule has 1 aromatic rings. The Balaban J connectivity index is -0.000000508. The van der Waals surface area contributed by atoms with E-state index in [1.807, 2.05) is 12.1 Å². The zero-order valence-corrected chi connectivity index (χ0v) is 63.0. The summed E-state index contributed by atoms with van der Waals surface area (Å²) in [5, 5.41) is 33.3. The number of alkyl carbamates (subject to hydrolysis) is 2. The number of carboxylic acids is 2. The van der Waals surface area contributed by atoms with Gasteiger partial charge in [-0.15, -0.1) is 0 Å². The molecule has 0 bridgehead atoms. The van der Waals surface area contributed by atoms with Crippen LogP contribution in [0.5, 0.6) is 0 Å². The van der Waals surface area contributed by atoms with Gasteiger partial charge in [0.05, 0.1) is 51.8 Å². The average molecular weight is 1350 g/mol. The summed E-state index contributed by atoms with van der Waals surface area (Å²) in [6.45, 7) is 26.2. The molecule has 5 aliphatic carbocycles. The van der Waals surface area contributed by atoms with Crippen LogP contribution in [0.3, 0.4) is 0 Å². The van der Waals surface area contributed by atoms with Crippen molar-refractivity contribution in [3.8, 4) is 0 Å². The molecule has 0 spiro atoms. The predicted octanol–water partition coefficient (Wildman–Crippen LogP) is 2.42. The number of nitrogens with two attached hydrogens (primary N) is 1. The zero-order valence-electron chi connectivity index (χ0n) is 55.9. The van der Waals surface area contributed by atoms with Crippen molar-refractivity contribution in [2.75, 3.05) is 58.2 Å². The molecule has 0 heterocycles. The van der Waals surface area contributed by atoms with Crippen LogP contribution in [-0.2, 0) is 71.5 Å². The molecule has 0 unspecified atom stereocenters. The van der Waals surface area contributed by atoms with E-state index in [-0.39, 0.29) is 123 Å². The number of carboxylic acid groups (broad SMARTS) is 2. The molecule has 504 valence electrons. The summed E-state index contributed by atoms with van der Waals surface area (Å²) in [6.07, 6.45) is 12.0. The number of ether oxygens (including phenoxy) is 7. The Morgan fingerprint density at radius 2 is 0.856 bits per heavy atom. The van der Waals surface area contributed by atoms with Crippen molar-refractivity contribution < 1.29 is 188 Å². The van der Waals surface area contributed by atoms with E-state index >= 15 is 0 Å². The van der Waals surface area contributed by atoms with Crippen molar-refractivity contribution in [3.05, 3.63) is 35.9 Å². The average Bonchev–Trinajstić information content (AvgIpc) is 0.974. The van der Waals surface area contributed by atoms with Crippen molar-refractivity contribution in [1.29, 1.82) is 0 Å². The maximum atomic E-state index is 12.0. The smallest absolute Gasteiger partial charge is 0.870 e. The number of hydrogen-bond acceptors (Lipinski definition) is 21. The van der Waals surface area contributed by atoms with E-state index in [1.54, 1.807) is 59.8 Å². The molecule has 0 radical (unpaired) electrons. The fourth-order valence-corrected chi connectivity index (χ4v) is 9.83. The number of nitrogens with one attached hydrogen (secondary N) is 3. The monoisotopic (exact) mass is 1350 g/mol. The quantitative estimate of drug-likeness (QED) is 0.0272. The van der Waals surface area contributed by atoms with Gasteiger partial charge in [0, 0.05) is 34.5 Å². The molecule has 0 aliphatic heterocycles. The van der Waals surface area contributed by atoms with Crippen molar-refractivity contribution in [1.82, 2.24) is 10.6 Å². The standard InChI is InChI=1S/C16H20N2O3.C13H25NO4Si.C11H21NO4Si.C10H16O4.C8H12O4.C2H6O.K.Na.2H2O/c1-2-21-14(19)9-6-12-4-7-13(8-5-12)18-15(20)16(17)10-3-11-16;1-5-17-11(15)13(7-6-8-13)14-12(16)18-9-10-19(2,3)4;1-17(2,3)8-7-16-10(15)12-11(9(13)14)5-4-6-11;1-3-13-8(11)10(6-5-7-10)9(12)14-4-2;1-2-12-7(11)8(6(9)10)4-3-5-8;1-2-3;;;;/h4-9H,2-3,10-11,17H2,1H3,(H,18,20);5-10H2,1-4H3,(H,14,16);4-8H2,1-3H3,(H,12,15)(H,13,14);3-7H2,1-2H3;2-5H2,1H3,(H,9,10);3H,2H2,1H3;;;2*1H2/q;;;;;;2*+1;;/p-2/b9-6+;;;;;;;;;. The molecule has 10 N–H and O–H groups in total. The fourth-order valence-electron chi connectivity index (χ4n) is 8.40. The Labute approximate surface area is 597 Å². The number of esters is 5. The number of rotatable bonds is 23. The van der Waals surface area contributed by atoms with Crippen LogP contribution in [0.1, 0.15) is 143 Å². The normalized spacial score (nSPS) is 16.5. The van der Waals surface area contributed by atoms with Crippen LogP contribution in [0.4, 0.5) is 15.3 Å². The first kappa shape index (κ1) is 92.6. The van der Waals surface area contributed by atoms with Gasteiger partial charge in [-0.25, -0.2) is 24.0 Å². The minimum absolute atomic E-state index is 0. The first-order chi connectivity index (χ1) is 40.3. The first-order valence-electron chi connectivity index (χ1n) is 30.0. The molecule has 26 nitrogen and oxygen atoms in total. The summed E-state index contributed by atoms with van der Waals surface area (Å²) >= 11 is 0. The molecule has 3 amide bonds. The molecule has 0 atom stereocenters. The van der Waals surface area contributed by atoms with Crippen LogP contribution in [0, 0.1) is 10.8 Å². The van der Waals surface area contributed by atoms with Gasteiger partial charge in [-0.05, 0) is 174 Å². The maximum Gasteiger partial charge on any atom is 1.00 e. The van der Waals surface area contributed by atoms with E-state index in [0.29, 0.717) is 96.7 Å². The molecule has 0 aromatic heterocycles. The molecular weight excluding hydrogens is 1250 g/mol. The number of aliphatic carboxylic acids is 2. The van der Waals surface area contributed by atoms with Crippen molar-refractivity contribution >= 4 is 87.8 Å². The van der Waals surface area contributed by atoms with E-state index in [4.69, 9.17) is 54.2 Å². The first-order valence-corrected chi connectivity index (χ1v) is 37.4. The Morgan fingerprint density at radius 1 is 0.511 bits per heavy atom. The van der Waals surface area contributed by atoms with Gasteiger partial charge in [0.25, 0.3) is 0 Å². The van der Waals surface area contributed by atoms with E-state index < -0.39 is 85.6 Å². The van der Waals surface area contributed by atoms with Gasteiger partial charge in [0.2, 0.25) is 5.91 Å². The summed E-state index contributed by atoms with van der Waals surface area (Å²) in [6, 6.07) is 9.01. The maximum absolute atomic E-state index is 12.0. The van der Waals surface area contributed by atoms with Crippen LogP contribution in [0.25, 0.3) is 6.08 Å². The molecule has 5 fully saturated rings. The molecule has 30 heteroatoms. The number of amides is 3. The van der Waals surface area contributed by atoms with Crippen molar-refractivity contribution in [2.45, 2.75) is 206 Å². The van der Waals surface area contributed by atoms with Gasteiger partial charge in [-0.3, -0.25) is 24.0 Å². The summed E-state index contributed by atoms with van der Waals surface area (Å²) in [5.41, 5.74) is 2.70. The zero-order chi connectivity index (χ0) is 65.4. The van der Waals surface area contributed by atoms with Gasteiger partial charge < -0.3 is 81.1 Å². The molecule has 1 aromatic carbocycles. The molecule has 6 rings (SSSR count). The predicted molar refractivity (Wildman–Crippen MR) is 331 cm³/mol. The Bertz CT molecular complexity index is 2380. The fraction of sp³-hybridized carbons (Fsp3) is 0.700. The second kappa shape index (κ2) is 45.5. The summed E-state index contributed by atoms with van der Waals surface area (Å²) in [7, 11) is -2.43. The number of carbonyl (C=O) groups is 10. The van der Waals surface area contributed by atoms with E-state index in [0.717, 1.165) is 62.6 Å². The second-order valence-electron chi connectivity index (χ2n) is 23.9. The third-order valence-electron chi connectivity index (χ3n) is 14.7. The molecule has 5 saturated carbocycles. The molecule has 0 saturated heterocycles. The van der Waals surface area contributed by atoms with E-state index in [9.17, 15) is 47.9 Å². The topological polar surface area (TPSA) is 418 Å². The SMILES string of the molecule is CCO.CCOC(=O)/C=C/c1ccc(NC(=O)C2(N)CCC2)cc1.CCOC(=O)C1(C(=O)O)CCC1.CCOC(=O)C1(C(=O)OCC)CCC1.CCOC(=O)C1(NC(=O)OCC[Si](C)(C)C)CCC1.C[Si](C)(C)CCOC(=O)NC1(C(=O)O)CCC1.[K+].[Na+].[OH-].[OH-]. The van der Waals surface area contributed by atoms with Gasteiger partial charge in [0.1, 0.15) is 11.1 Å². The molecule has 90 heavy (non-hydrogen) atoms. The number of aliphatic hydroxyl groups is 1. The van der Waals surface area contributed by atoms with Gasteiger partial charge in [0.15, 0.2) is 10.8 Å². The number of aliphatic hydroxyl groups excluding tert-OH is 1. The van der Waals surface area contributed by atoms with Gasteiger partial charge in [-0.2, -0.15) is 0 Å². The number of hydrogen-bond donors (Lipinski definition) is 7. The van der Waals surface area contributed by atoms with E-state index in [2.05, 4.69) is 55.2 Å². The number of benzene rings is 1. The Kier molecular flexibility index (Phi) is 46.8. The van der Waals surface area contributed by atoms with Crippen LogP contribution >= 0.6 is 0 Å². The second-order valence-corrected chi connectivity index (χ2v) is 35.1. The summed E-state index contributed by atoms with van der Waals surface area (Å²) < 4.78 is 34.4. The Hall–Kier alpha value is -3.83. The van der Waals surface area contributed by atoms with Gasteiger partial charge in [-0.1, -0.05) is 51.4 Å². The Morgan fingerprint density at radius 3 is 1.14 bits per heavy atom. The minimum atomic E-state index is -1.22. The minimum Gasteiger partial charge on any atom is -0.870 e. The number of anilines is 1.